The van der Waals surface area contributed by atoms with Gasteiger partial charge in [-0.15, -0.1) is 12.4 Å². The van der Waals surface area contributed by atoms with Crippen LogP contribution in [-0.4, -0.2) is 54.5 Å². The fourth-order valence-corrected chi connectivity index (χ4v) is 5.01. The Balaban J connectivity index is 0.00000272. The zero-order chi connectivity index (χ0) is 20.9. The second kappa shape index (κ2) is 11.2. The van der Waals surface area contributed by atoms with E-state index < -0.39 is 0 Å². The summed E-state index contributed by atoms with van der Waals surface area (Å²) < 4.78 is 6.00. The summed E-state index contributed by atoms with van der Waals surface area (Å²) >= 11 is 0. The second-order valence-corrected chi connectivity index (χ2v) is 9.28. The Labute approximate surface area is 193 Å². The van der Waals surface area contributed by atoms with Crippen molar-refractivity contribution >= 4 is 29.1 Å². The first kappa shape index (κ1) is 23.9. The molecule has 0 N–H and O–H groups in total. The van der Waals surface area contributed by atoms with Gasteiger partial charge in [0.1, 0.15) is 5.75 Å². The van der Waals surface area contributed by atoms with E-state index in [1.165, 1.54) is 32.4 Å². The van der Waals surface area contributed by atoms with Crippen LogP contribution in [0.3, 0.4) is 0 Å². The van der Waals surface area contributed by atoms with E-state index in [0.29, 0.717) is 12.0 Å². The van der Waals surface area contributed by atoms with E-state index in [-0.39, 0.29) is 18.3 Å². The van der Waals surface area contributed by atoms with Crippen molar-refractivity contribution in [3.8, 4) is 5.75 Å². The fraction of sp³-hybridized carbons (Fsp3) is 0.577. The van der Waals surface area contributed by atoms with E-state index >= 15 is 0 Å². The van der Waals surface area contributed by atoms with Crippen molar-refractivity contribution in [2.75, 3.05) is 32.8 Å². The molecule has 2 saturated heterocycles. The molecule has 4 rings (SSSR count). The van der Waals surface area contributed by atoms with Crippen molar-refractivity contribution in [2.45, 2.75) is 58.4 Å². The van der Waals surface area contributed by atoms with Crippen molar-refractivity contribution in [1.82, 2.24) is 9.80 Å². The Morgan fingerprint density at radius 1 is 1.00 bits per heavy atom. The molecule has 0 spiro atoms. The zero-order valence-electron chi connectivity index (χ0n) is 19.0. The van der Waals surface area contributed by atoms with Gasteiger partial charge in [0.25, 0.3) is 5.91 Å². The topological polar surface area (TPSA) is 32.8 Å². The van der Waals surface area contributed by atoms with Crippen molar-refractivity contribution in [2.24, 2.45) is 5.92 Å². The fourth-order valence-electron chi connectivity index (χ4n) is 5.01. The number of nitrogens with zero attached hydrogens (tertiary/aromatic N) is 2. The Kier molecular flexibility index (Phi) is 8.62. The molecule has 2 aromatic rings. The smallest absolute Gasteiger partial charge is 0.254 e. The second-order valence-electron chi connectivity index (χ2n) is 9.28. The summed E-state index contributed by atoms with van der Waals surface area (Å²) in [6, 6.07) is 12.6. The van der Waals surface area contributed by atoms with E-state index in [1.54, 1.807) is 0 Å². The quantitative estimate of drug-likeness (QED) is 0.507. The minimum atomic E-state index is 0. The Hall–Kier alpha value is -1.78. The molecule has 0 aromatic heterocycles. The molecular formula is C26H37ClN2O2. The van der Waals surface area contributed by atoms with Crippen LogP contribution in [0.4, 0.5) is 0 Å². The van der Waals surface area contributed by atoms with Gasteiger partial charge in [0.2, 0.25) is 0 Å². The predicted molar refractivity (Wildman–Crippen MR) is 130 cm³/mol. The number of hydrogen-bond donors (Lipinski definition) is 0. The van der Waals surface area contributed by atoms with Gasteiger partial charge in [-0.3, -0.25) is 4.79 Å². The first-order valence-corrected chi connectivity index (χ1v) is 11.8. The lowest BCUT2D eigenvalue weighted by molar-refractivity contribution is 0.0701. The van der Waals surface area contributed by atoms with Gasteiger partial charge in [0, 0.05) is 24.7 Å². The Morgan fingerprint density at radius 3 is 2.52 bits per heavy atom. The number of ether oxygens (including phenoxy) is 1. The van der Waals surface area contributed by atoms with Crippen LogP contribution in [0.5, 0.6) is 5.75 Å². The highest BCUT2D eigenvalue weighted by molar-refractivity contribution is 5.99. The minimum Gasteiger partial charge on any atom is -0.494 e. The van der Waals surface area contributed by atoms with E-state index in [1.807, 2.05) is 18.2 Å². The number of hydrogen-bond acceptors (Lipinski definition) is 3. The summed E-state index contributed by atoms with van der Waals surface area (Å²) in [5.41, 5.74) is 0.797. The predicted octanol–water partition coefficient (Wildman–Crippen LogP) is 5.78. The molecule has 0 saturated carbocycles. The number of fused-ring (bicyclic) bond motifs is 1. The molecule has 1 atom stereocenters. The third-order valence-electron chi connectivity index (χ3n) is 6.72. The number of benzene rings is 2. The maximum atomic E-state index is 13.1. The maximum absolute atomic E-state index is 13.1. The monoisotopic (exact) mass is 444 g/mol. The van der Waals surface area contributed by atoms with Gasteiger partial charge in [-0.2, -0.15) is 0 Å². The SMILES string of the molecule is CC(C)C1CCCN1C(=O)c1ccc2cc(OCCCN3CCCCC3)ccc2c1.Cl. The highest BCUT2D eigenvalue weighted by Gasteiger charge is 2.31. The van der Waals surface area contributed by atoms with Gasteiger partial charge in [0.15, 0.2) is 0 Å². The molecular weight excluding hydrogens is 408 g/mol. The van der Waals surface area contributed by atoms with Crippen LogP contribution >= 0.6 is 12.4 Å². The van der Waals surface area contributed by atoms with E-state index in [4.69, 9.17) is 4.74 Å². The van der Waals surface area contributed by atoms with E-state index in [0.717, 1.165) is 61.0 Å². The van der Waals surface area contributed by atoms with Gasteiger partial charge in [-0.1, -0.05) is 32.4 Å². The van der Waals surface area contributed by atoms with Crippen LogP contribution in [0.2, 0.25) is 0 Å². The molecule has 0 bridgehead atoms. The molecule has 170 valence electrons. The lowest BCUT2D eigenvalue weighted by Crippen LogP contribution is -2.38. The molecule has 2 aliphatic rings. The molecule has 2 heterocycles. The van der Waals surface area contributed by atoms with Crippen molar-refractivity contribution in [3.63, 3.8) is 0 Å². The Bertz CT molecular complexity index is 864. The third-order valence-corrected chi connectivity index (χ3v) is 6.72. The molecule has 2 aliphatic heterocycles. The molecule has 4 nitrogen and oxygen atoms in total. The van der Waals surface area contributed by atoms with Crippen LogP contribution in [-0.2, 0) is 0 Å². The molecule has 1 unspecified atom stereocenters. The number of likely N-dealkylation sites (tertiary alicyclic amines) is 2. The standard InChI is InChI=1S/C26H36N2O2.ClH/c1-20(2)25-8-6-16-28(25)26(29)23-10-9-22-19-24(12-11-21(22)18-23)30-17-7-15-27-13-4-3-5-14-27;/h9-12,18-20,25H,3-8,13-17H2,1-2H3;1H. The first-order valence-electron chi connectivity index (χ1n) is 11.8. The highest BCUT2D eigenvalue weighted by atomic mass is 35.5. The summed E-state index contributed by atoms with van der Waals surface area (Å²) in [6.07, 6.45) is 7.36. The molecule has 31 heavy (non-hydrogen) atoms. The lowest BCUT2D eigenvalue weighted by atomic mass is 10.0. The van der Waals surface area contributed by atoms with Crippen molar-refractivity contribution in [3.05, 3.63) is 42.0 Å². The number of halogens is 1. The zero-order valence-corrected chi connectivity index (χ0v) is 19.8. The molecule has 0 radical (unpaired) electrons. The van der Waals surface area contributed by atoms with Crippen LogP contribution < -0.4 is 4.74 Å². The van der Waals surface area contributed by atoms with E-state index in [9.17, 15) is 4.79 Å². The van der Waals surface area contributed by atoms with Gasteiger partial charge < -0.3 is 14.5 Å². The van der Waals surface area contributed by atoms with Crippen LogP contribution in [0.1, 0.15) is 62.7 Å². The number of carbonyl (C=O) groups is 1. The number of piperidine rings is 1. The number of amides is 1. The third kappa shape index (κ3) is 5.93. The van der Waals surface area contributed by atoms with Crippen LogP contribution in [0.25, 0.3) is 10.8 Å². The normalized spacial score (nSPS) is 19.6. The van der Waals surface area contributed by atoms with Gasteiger partial charge in [-0.05, 0) is 86.1 Å². The van der Waals surface area contributed by atoms with Crippen LogP contribution in [0, 0.1) is 5.92 Å². The van der Waals surface area contributed by atoms with Gasteiger partial charge in [0.05, 0.1) is 6.61 Å². The lowest BCUT2D eigenvalue weighted by Gasteiger charge is -2.27. The van der Waals surface area contributed by atoms with E-state index in [2.05, 4.69) is 41.8 Å². The summed E-state index contributed by atoms with van der Waals surface area (Å²) in [7, 11) is 0. The number of carbonyl (C=O) groups excluding carboxylic acids is 1. The highest BCUT2D eigenvalue weighted by Crippen LogP contribution is 2.27. The summed E-state index contributed by atoms with van der Waals surface area (Å²) in [5, 5.41) is 2.23. The molecule has 2 fully saturated rings. The summed E-state index contributed by atoms with van der Waals surface area (Å²) in [4.78, 5) is 17.7. The van der Waals surface area contributed by atoms with Gasteiger partial charge >= 0.3 is 0 Å². The molecule has 2 aromatic carbocycles. The average Bonchev–Trinajstić information content (AvgIpc) is 3.27. The van der Waals surface area contributed by atoms with Crippen LogP contribution in [0.15, 0.2) is 36.4 Å². The first-order chi connectivity index (χ1) is 14.6. The molecule has 1 amide bonds. The minimum absolute atomic E-state index is 0. The van der Waals surface area contributed by atoms with Crippen molar-refractivity contribution < 1.29 is 9.53 Å². The number of rotatable bonds is 7. The largest absolute Gasteiger partial charge is 0.494 e. The Morgan fingerprint density at radius 2 is 1.74 bits per heavy atom. The van der Waals surface area contributed by atoms with Crippen molar-refractivity contribution in [1.29, 1.82) is 0 Å². The molecule has 0 aliphatic carbocycles. The summed E-state index contributed by atoms with van der Waals surface area (Å²) in [5.74, 6) is 1.59. The summed E-state index contributed by atoms with van der Waals surface area (Å²) in [6.45, 7) is 9.68. The average molecular weight is 445 g/mol. The molecule has 5 heteroatoms. The maximum Gasteiger partial charge on any atom is 0.254 e. The van der Waals surface area contributed by atoms with Gasteiger partial charge in [-0.25, -0.2) is 0 Å².